The molecule has 3 rings (SSSR count). The van der Waals surface area contributed by atoms with Crippen molar-refractivity contribution in [3.63, 3.8) is 0 Å². The number of rotatable bonds is 7. The van der Waals surface area contributed by atoms with E-state index >= 15 is 0 Å². The molecule has 1 aliphatic heterocycles. The summed E-state index contributed by atoms with van der Waals surface area (Å²) in [5.74, 6) is 1.57. The molecule has 0 bridgehead atoms. The highest BCUT2D eigenvalue weighted by Gasteiger charge is 2.26. The second-order valence-electron chi connectivity index (χ2n) is 7.26. The van der Waals surface area contributed by atoms with E-state index in [1.54, 1.807) is 32.4 Å². The Balaban J connectivity index is 1.56. The largest absolute Gasteiger partial charge is 0.497 e. The first-order valence-corrected chi connectivity index (χ1v) is 10.6. The van der Waals surface area contributed by atoms with Crippen molar-refractivity contribution in [1.29, 1.82) is 0 Å². The third kappa shape index (κ3) is 5.38. The van der Waals surface area contributed by atoms with E-state index in [1.807, 2.05) is 25.1 Å². The number of ether oxygens (including phenoxy) is 2. The third-order valence-corrected chi connectivity index (χ3v) is 6.24. The van der Waals surface area contributed by atoms with Crippen molar-refractivity contribution < 1.29 is 14.3 Å². The van der Waals surface area contributed by atoms with Gasteiger partial charge in [0.1, 0.15) is 11.5 Å². The Bertz CT molecular complexity index is 886. The van der Waals surface area contributed by atoms with Gasteiger partial charge in [-0.15, -0.1) is 0 Å². The van der Waals surface area contributed by atoms with Gasteiger partial charge in [0.05, 0.1) is 36.0 Å². The van der Waals surface area contributed by atoms with E-state index in [9.17, 15) is 4.79 Å². The molecule has 1 unspecified atom stereocenters. The summed E-state index contributed by atoms with van der Waals surface area (Å²) in [5.41, 5.74) is 1.62. The molecule has 1 aliphatic rings. The lowest BCUT2D eigenvalue weighted by atomic mass is 10.1. The zero-order valence-corrected chi connectivity index (χ0v) is 19.0. The molecule has 2 aromatic carbocycles. The summed E-state index contributed by atoms with van der Waals surface area (Å²) in [5, 5.41) is 3.66. The number of benzene rings is 2. The van der Waals surface area contributed by atoms with Crippen LogP contribution in [0.2, 0.25) is 10.0 Å². The van der Waals surface area contributed by atoms with Gasteiger partial charge in [0.25, 0.3) is 0 Å². The molecule has 1 N–H and O–H groups in total. The lowest BCUT2D eigenvalue weighted by Crippen LogP contribution is -2.52. The highest BCUT2D eigenvalue weighted by atomic mass is 35.5. The minimum atomic E-state index is -0.270. The van der Waals surface area contributed by atoms with Gasteiger partial charge in [-0.25, -0.2) is 0 Å². The summed E-state index contributed by atoms with van der Waals surface area (Å²) in [6, 6.07) is 10.8. The molecule has 162 valence electrons. The van der Waals surface area contributed by atoms with E-state index in [4.69, 9.17) is 32.7 Å². The van der Waals surface area contributed by atoms with Crippen LogP contribution in [0.4, 0.5) is 5.69 Å². The van der Waals surface area contributed by atoms with Gasteiger partial charge >= 0.3 is 0 Å². The minimum absolute atomic E-state index is 0.0953. The molecule has 6 nitrogen and oxygen atoms in total. The zero-order chi connectivity index (χ0) is 21.7. The van der Waals surface area contributed by atoms with Gasteiger partial charge < -0.3 is 14.8 Å². The Kier molecular flexibility index (Phi) is 7.83. The van der Waals surface area contributed by atoms with Crippen molar-refractivity contribution in [1.82, 2.24) is 9.80 Å². The molecule has 0 aromatic heterocycles. The van der Waals surface area contributed by atoms with Crippen molar-refractivity contribution in [3.8, 4) is 11.5 Å². The number of carbonyl (C=O) groups is 1. The van der Waals surface area contributed by atoms with Crippen LogP contribution in [0.25, 0.3) is 0 Å². The normalized spacial score (nSPS) is 16.2. The Hall–Kier alpha value is -1.99. The molecule has 30 heavy (non-hydrogen) atoms. The molecule has 0 spiro atoms. The third-order valence-electron chi connectivity index (χ3n) is 5.43. The Labute approximate surface area is 187 Å². The van der Waals surface area contributed by atoms with Crippen molar-refractivity contribution in [2.75, 3.05) is 45.7 Å². The van der Waals surface area contributed by atoms with E-state index in [-0.39, 0.29) is 11.9 Å². The van der Waals surface area contributed by atoms with Crippen LogP contribution in [0.5, 0.6) is 11.5 Å². The average Bonchev–Trinajstić information content (AvgIpc) is 2.76. The van der Waals surface area contributed by atoms with Crippen molar-refractivity contribution in [2.24, 2.45) is 0 Å². The van der Waals surface area contributed by atoms with Crippen LogP contribution in [0.1, 0.15) is 12.5 Å². The highest BCUT2D eigenvalue weighted by Crippen LogP contribution is 2.30. The number of hydrogen-bond donors (Lipinski definition) is 1. The van der Waals surface area contributed by atoms with Crippen LogP contribution in [0.3, 0.4) is 0 Å². The molecule has 1 heterocycles. The standard InChI is InChI=1S/C22H27Cl2N3O3/c1-15(22(28)25-19-6-4-5-18(23)21(19)24)27-11-9-26(10-12-27)14-16-13-17(29-2)7-8-20(16)30-3/h4-8,13,15H,9-12,14H2,1-3H3,(H,25,28). The van der Waals surface area contributed by atoms with Crippen LogP contribution >= 0.6 is 23.2 Å². The molecular formula is C22H27Cl2N3O3. The summed E-state index contributed by atoms with van der Waals surface area (Å²) >= 11 is 12.2. The van der Waals surface area contributed by atoms with Crippen LogP contribution in [0.15, 0.2) is 36.4 Å². The summed E-state index contributed by atoms with van der Waals surface area (Å²) in [6.07, 6.45) is 0. The van der Waals surface area contributed by atoms with E-state index in [0.29, 0.717) is 15.7 Å². The van der Waals surface area contributed by atoms with Crippen molar-refractivity contribution >= 4 is 34.8 Å². The number of anilines is 1. The number of hydrogen-bond acceptors (Lipinski definition) is 5. The SMILES string of the molecule is COc1ccc(OC)c(CN2CCN(C(C)C(=O)Nc3cccc(Cl)c3Cl)CC2)c1. The maximum Gasteiger partial charge on any atom is 0.241 e. The van der Waals surface area contributed by atoms with E-state index in [1.165, 1.54) is 0 Å². The molecule has 8 heteroatoms. The number of piperazine rings is 1. The molecule has 0 aliphatic carbocycles. The quantitative estimate of drug-likeness (QED) is 0.684. The van der Waals surface area contributed by atoms with Gasteiger partial charge in [-0.2, -0.15) is 0 Å². The van der Waals surface area contributed by atoms with Gasteiger partial charge in [0.2, 0.25) is 5.91 Å². The molecule has 1 amide bonds. The van der Waals surface area contributed by atoms with Crippen LogP contribution in [0, 0.1) is 0 Å². The van der Waals surface area contributed by atoms with Crippen LogP contribution in [-0.4, -0.2) is 62.1 Å². The first-order valence-electron chi connectivity index (χ1n) is 9.85. The fourth-order valence-electron chi connectivity index (χ4n) is 3.56. The number of halogens is 2. The lowest BCUT2D eigenvalue weighted by molar-refractivity contribution is -0.121. The highest BCUT2D eigenvalue weighted by molar-refractivity contribution is 6.44. The first-order chi connectivity index (χ1) is 14.4. The monoisotopic (exact) mass is 451 g/mol. The summed E-state index contributed by atoms with van der Waals surface area (Å²) in [4.78, 5) is 17.2. The van der Waals surface area contributed by atoms with Gasteiger partial charge in [-0.3, -0.25) is 14.6 Å². The Morgan fingerprint density at radius 1 is 1.10 bits per heavy atom. The van der Waals surface area contributed by atoms with Crippen LogP contribution in [-0.2, 0) is 11.3 Å². The molecule has 1 atom stereocenters. The molecule has 1 fully saturated rings. The molecule has 0 radical (unpaired) electrons. The van der Waals surface area contributed by atoms with Gasteiger partial charge in [0, 0.05) is 38.3 Å². The number of nitrogens with one attached hydrogen (secondary N) is 1. The van der Waals surface area contributed by atoms with Gasteiger partial charge in [-0.1, -0.05) is 29.3 Å². The fraction of sp³-hybridized carbons (Fsp3) is 0.409. The summed E-state index contributed by atoms with van der Waals surface area (Å²) in [7, 11) is 3.34. The van der Waals surface area contributed by atoms with Crippen LogP contribution < -0.4 is 14.8 Å². The first kappa shape index (κ1) is 22.7. The zero-order valence-electron chi connectivity index (χ0n) is 17.5. The Morgan fingerprint density at radius 2 is 1.83 bits per heavy atom. The minimum Gasteiger partial charge on any atom is -0.497 e. The summed E-state index contributed by atoms with van der Waals surface area (Å²) in [6.45, 7) is 5.99. The maximum absolute atomic E-state index is 12.7. The molecular weight excluding hydrogens is 425 g/mol. The number of methoxy groups -OCH3 is 2. The number of nitrogens with zero attached hydrogens (tertiary/aromatic N) is 2. The van der Waals surface area contributed by atoms with Gasteiger partial charge in [-0.05, 0) is 37.3 Å². The van der Waals surface area contributed by atoms with E-state index in [2.05, 4.69) is 15.1 Å². The molecule has 2 aromatic rings. The Morgan fingerprint density at radius 3 is 2.50 bits per heavy atom. The average molecular weight is 452 g/mol. The second kappa shape index (κ2) is 10.4. The van der Waals surface area contributed by atoms with Crippen molar-refractivity contribution in [3.05, 3.63) is 52.0 Å². The van der Waals surface area contributed by atoms with Gasteiger partial charge in [0.15, 0.2) is 0 Å². The molecule has 0 saturated carbocycles. The topological polar surface area (TPSA) is 54.0 Å². The maximum atomic E-state index is 12.7. The summed E-state index contributed by atoms with van der Waals surface area (Å²) < 4.78 is 10.8. The van der Waals surface area contributed by atoms with E-state index in [0.717, 1.165) is 49.8 Å². The van der Waals surface area contributed by atoms with Crippen molar-refractivity contribution in [2.45, 2.75) is 19.5 Å². The predicted octanol–water partition coefficient (Wildman–Crippen LogP) is 4.16. The smallest absolute Gasteiger partial charge is 0.241 e. The van der Waals surface area contributed by atoms with E-state index < -0.39 is 0 Å². The molecule has 1 saturated heterocycles. The number of carbonyl (C=O) groups excluding carboxylic acids is 1. The predicted molar refractivity (Wildman–Crippen MR) is 121 cm³/mol. The fourth-order valence-corrected chi connectivity index (χ4v) is 3.91. The second-order valence-corrected chi connectivity index (χ2v) is 8.04. The number of amides is 1. The lowest BCUT2D eigenvalue weighted by Gasteiger charge is -2.37.